The maximum atomic E-state index is 11.7. The van der Waals surface area contributed by atoms with Gasteiger partial charge in [-0.15, -0.1) is 11.3 Å². The number of rotatable bonds is 4. The molecule has 106 valence electrons. The van der Waals surface area contributed by atoms with Crippen molar-refractivity contribution in [1.29, 1.82) is 0 Å². The van der Waals surface area contributed by atoms with Crippen LogP contribution in [-0.2, 0) is 6.54 Å². The van der Waals surface area contributed by atoms with E-state index in [2.05, 4.69) is 44.8 Å². The van der Waals surface area contributed by atoms with Gasteiger partial charge in [-0.05, 0) is 35.6 Å². The van der Waals surface area contributed by atoms with Crippen molar-refractivity contribution in [3.63, 3.8) is 0 Å². The normalized spacial score (nSPS) is 11.5. The first-order chi connectivity index (χ1) is 10.2. The van der Waals surface area contributed by atoms with E-state index < -0.39 is 0 Å². The van der Waals surface area contributed by atoms with Gasteiger partial charge in [0.2, 0.25) is 0 Å². The first-order valence-electron chi connectivity index (χ1n) is 6.73. The van der Waals surface area contributed by atoms with Gasteiger partial charge in [-0.25, -0.2) is 0 Å². The summed E-state index contributed by atoms with van der Waals surface area (Å²) in [4.78, 5) is 11.7. The Morgan fingerprint density at radius 2 is 1.95 bits per heavy atom. The third-order valence-corrected chi connectivity index (χ3v) is 4.75. The number of benzene rings is 1. The van der Waals surface area contributed by atoms with E-state index in [1.54, 1.807) is 6.07 Å². The van der Waals surface area contributed by atoms with Crippen LogP contribution in [0.1, 0.15) is 12.0 Å². The van der Waals surface area contributed by atoms with Crippen molar-refractivity contribution in [3.05, 3.63) is 74.3 Å². The minimum Gasteiger partial charge on any atom is -0.346 e. The van der Waals surface area contributed by atoms with Crippen LogP contribution in [-0.4, -0.2) is 4.57 Å². The lowest BCUT2D eigenvalue weighted by atomic mass is 10.2. The molecular formula is C17H14BrNOS. The van der Waals surface area contributed by atoms with Crippen molar-refractivity contribution >= 4 is 43.6 Å². The second-order valence-corrected chi connectivity index (χ2v) is 6.58. The Bertz CT molecular complexity index is 830. The molecule has 3 rings (SSSR count). The molecule has 3 aromatic rings. The SMILES string of the molecule is O=c1ccn(CC/C=C/c2ccc(Br)cc2)c2ccsc12. The molecule has 0 aliphatic rings. The van der Waals surface area contributed by atoms with Gasteiger partial charge in [0.25, 0.3) is 0 Å². The van der Waals surface area contributed by atoms with E-state index >= 15 is 0 Å². The quantitative estimate of drug-likeness (QED) is 0.647. The van der Waals surface area contributed by atoms with Crippen LogP contribution >= 0.6 is 27.3 Å². The molecule has 4 heteroatoms. The maximum Gasteiger partial charge on any atom is 0.199 e. The van der Waals surface area contributed by atoms with Gasteiger partial charge in [0, 0.05) is 23.3 Å². The summed E-state index contributed by atoms with van der Waals surface area (Å²) in [6.45, 7) is 0.876. The largest absolute Gasteiger partial charge is 0.346 e. The van der Waals surface area contributed by atoms with Gasteiger partial charge in [0.15, 0.2) is 5.43 Å². The van der Waals surface area contributed by atoms with Crippen LogP contribution in [0.5, 0.6) is 0 Å². The molecule has 1 aromatic carbocycles. The molecule has 0 saturated heterocycles. The van der Waals surface area contributed by atoms with Crippen LogP contribution in [0, 0.1) is 0 Å². The predicted octanol–water partition coefficient (Wildman–Crippen LogP) is 4.93. The lowest BCUT2D eigenvalue weighted by Gasteiger charge is -2.05. The van der Waals surface area contributed by atoms with Gasteiger partial charge >= 0.3 is 0 Å². The zero-order chi connectivity index (χ0) is 14.7. The maximum absolute atomic E-state index is 11.7. The minimum atomic E-state index is 0.113. The first-order valence-corrected chi connectivity index (χ1v) is 8.40. The Hall–Kier alpha value is -1.65. The molecule has 0 fully saturated rings. The average molecular weight is 360 g/mol. The van der Waals surface area contributed by atoms with Crippen LogP contribution in [0.3, 0.4) is 0 Å². The first kappa shape index (κ1) is 14.3. The molecule has 0 spiro atoms. The van der Waals surface area contributed by atoms with E-state index in [0.29, 0.717) is 0 Å². The van der Waals surface area contributed by atoms with E-state index in [1.807, 2.05) is 29.8 Å². The number of halogens is 1. The van der Waals surface area contributed by atoms with Crippen LogP contribution in [0.4, 0.5) is 0 Å². The lowest BCUT2D eigenvalue weighted by Crippen LogP contribution is -2.05. The third kappa shape index (κ3) is 3.34. The van der Waals surface area contributed by atoms with Crippen molar-refractivity contribution in [2.24, 2.45) is 0 Å². The van der Waals surface area contributed by atoms with Crippen molar-refractivity contribution in [1.82, 2.24) is 4.57 Å². The fraction of sp³-hybridized carbons (Fsp3) is 0.118. The summed E-state index contributed by atoms with van der Waals surface area (Å²) in [5.41, 5.74) is 2.34. The summed E-state index contributed by atoms with van der Waals surface area (Å²) in [5.74, 6) is 0. The minimum absolute atomic E-state index is 0.113. The molecule has 2 heterocycles. The van der Waals surface area contributed by atoms with Gasteiger partial charge < -0.3 is 4.57 Å². The number of allylic oxidation sites excluding steroid dienone is 1. The summed E-state index contributed by atoms with van der Waals surface area (Å²) >= 11 is 4.94. The molecule has 0 atom stereocenters. The van der Waals surface area contributed by atoms with Crippen LogP contribution in [0.25, 0.3) is 16.3 Å². The highest BCUT2D eigenvalue weighted by atomic mass is 79.9. The fourth-order valence-electron chi connectivity index (χ4n) is 2.23. The number of aromatic nitrogens is 1. The van der Waals surface area contributed by atoms with E-state index in [4.69, 9.17) is 0 Å². The highest BCUT2D eigenvalue weighted by molar-refractivity contribution is 9.10. The highest BCUT2D eigenvalue weighted by Gasteiger charge is 2.02. The molecule has 0 aliphatic carbocycles. The number of hydrogen-bond acceptors (Lipinski definition) is 2. The summed E-state index contributed by atoms with van der Waals surface area (Å²) in [5, 5.41) is 1.97. The van der Waals surface area contributed by atoms with Crippen molar-refractivity contribution in [2.45, 2.75) is 13.0 Å². The number of fused-ring (bicyclic) bond motifs is 1. The molecule has 0 unspecified atom stereocenters. The number of aryl methyl sites for hydroxylation is 1. The molecular weight excluding hydrogens is 346 g/mol. The monoisotopic (exact) mass is 359 g/mol. The molecule has 0 aliphatic heterocycles. The molecule has 0 bridgehead atoms. The molecule has 0 radical (unpaired) electrons. The van der Waals surface area contributed by atoms with Gasteiger partial charge in [0.05, 0.1) is 10.2 Å². The Kier molecular flexibility index (Phi) is 4.36. The lowest BCUT2D eigenvalue weighted by molar-refractivity contribution is 0.733. The second kappa shape index (κ2) is 6.41. The Morgan fingerprint density at radius 1 is 1.14 bits per heavy atom. The van der Waals surface area contributed by atoms with Crippen LogP contribution in [0.2, 0.25) is 0 Å². The zero-order valence-electron chi connectivity index (χ0n) is 11.3. The zero-order valence-corrected chi connectivity index (χ0v) is 13.7. The van der Waals surface area contributed by atoms with Crippen molar-refractivity contribution in [2.75, 3.05) is 0 Å². The van der Waals surface area contributed by atoms with Crippen LogP contribution in [0.15, 0.2) is 63.3 Å². The standard InChI is InChI=1S/C17H14BrNOS/c18-14-6-4-13(5-7-14)3-1-2-10-19-11-8-16(20)17-15(19)9-12-21-17/h1,3-9,11-12H,2,10H2/b3-1+. The van der Waals surface area contributed by atoms with Gasteiger partial charge in [0.1, 0.15) is 0 Å². The molecule has 0 N–H and O–H groups in total. The predicted molar refractivity (Wildman–Crippen MR) is 93.9 cm³/mol. The number of pyridine rings is 1. The molecule has 0 amide bonds. The number of hydrogen-bond donors (Lipinski definition) is 0. The topological polar surface area (TPSA) is 22.0 Å². The summed E-state index contributed by atoms with van der Waals surface area (Å²) in [6.07, 6.45) is 7.11. The fourth-order valence-corrected chi connectivity index (χ4v) is 3.32. The third-order valence-electron chi connectivity index (χ3n) is 3.30. The van der Waals surface area contributed by atoms with Gasteiger partial charge in [-0.2, -0.15) is 0 Å². The van der Waals surface area contributed by atoms with E-state index in [1.165, 1.54) is 16.9 Å². The van der Waals surface area contributed by atoms with Crippen LogP contribution < -0.4 is 5.43 Å². The number of thiophene rings is 1. The Morgan fingerprint density at radius 3 is 2.76 bits per heavy atom. The van der Waals surface area contributed by atoms with Gasteiger partial charge in [-0.3, -0.25) is 4.79 Å². The Labute approximate surface area is 135 Å². The molecule has 21 heavy (non-hydrogen) atoms. The van der Waals surface area contributed by atoms with Gasteiger partial charge in [-0.1, -0.05) is 40.2 Å². The number of nitrogens with zero attached hydrogens (tertiary/aromatic N) is 1. The molecule has 2 nitrogen and oxygen atoms in total. The van der Waals surface area contributed by atoms with Crippen molar-refractivity contribution < 1.29 is 0 Å². The highest BCUT2D eigenvalue weighted by Crippen LogP contribution is 2.17. The van der Waals surface area contributed by atoms with Crippen molar-refractivity contribution in [3.8, 4) is 0 Å². The molecule has 2 aromatic heterocycles. The second-order valence-electron chi connectivity index (χ2n) is 4.75. The van der Waals surface area contributed by atoms with E-state index in [-0.39, 0.29) is 5.43 Å². The van der Waals surface area contributed by atoms with E-state index in [0.717, 1.165) is 27.7 Å². The smallest absolute Gasteiger partial charge is 0.199 e. The summed E-state index contributed by atoms with van der Waals surface area (Å²) in [7, 11) is 0. The Balaban J connectivity index is 1.69. The van der Waals surface area contributed by atoms with E-state index in [9.17, 15) is 4.79 Å². The summed E-state index contributed by atoms with van der Waals surface area (Å²) in [6, 6.07) is 11.9. The summed E-state index contributed by atoms with van der Waals surface area (Å²) < 4.78 is 4.07. The average Bonchev–Trinajstić information content (AvgIpc) is 2.98. The molecule has 0 saturated carbocycles.